The Hall–Kier alpha value is -1.75. The van der Waals surface area contributed by atoms with E-state index in [1.165, 1.54) is 4.88 Å². The highest BCUT2D eigenvalue weighted by Gasteiger charge is 2.15. The lowest BCUT2D eigenvalue weighted by Crippen LogP contribution is -2.36. The zero-order chi connectivity index (χ0) is 18.2. The molecule has 1 heterocycles. The van der Waals surface area contributed by atoms with E-state index in [0.717, 1.165) is 10.6 Å². The molecule has 2 rings (SSSR count). The second-order valence-corrected chi connectivity index (χ2v) is 6.46. The second kappa shape index (κ2) is 11.1. The standard InChI is InChI=1S/C17H24N4O3S.HI/c1-11-8-19-14(25-11)10-21-17(18-2)20-9-12-6-7-13(22-3)16(24-5)15(12)23-4;/h6-8H,9-10H2,1-5H3,(H2,18,20,21);1H. The van der Waals surface area contributed by atoms with Gasteiger partial charge in [0, 0.05) is 30.2 Å². The molecule has 0 aliphatic carbocycles. The second-order valence-electron chi connectivity index (χ2n) is 5.14. The number of benzene rings is 1. The van der Waals surface area contributed by atoms with E-state index in [0.29, 0.717) is 36.3 Å². The molecule has 0 unspecified atom stereocenters. The summed E-state index contributed by atoms with van der Waals surface area (Å²) >= 11 is 1.66. The van der Waals surface area contributed by atoms with Crippen LogP contribution < -0.4 is 24.8 Å². The zero-order valence-corrected chi connectivity index (χ0v) is 18.7. The predicted molar refractivity (Wildman–Crippen MR) is 115 cm³/mol. The van der Waals surface area contributed by atoms with Crippen molar-refractivity contribution < 1.29 is 14.2 Å². The van der Waals surface area contributed by atoms with E-state index < -0.39 is 0 Å². The van der Waals surface area contributed by atoms with Crippen LogP contribution in [-0.2, 0) is 13.1 Å². The van der Waals surface area contributed by atoms with Crippen molar-refractivity contribution in [3.8, 4) is 17.2 Å². The Morgan fingerprint density at radius 3 is 2.31 bits per heavy atom. The van der Waals surface area contributed by atoms with Crippen LogP contribution in [0.3, 0.4) is 0 Å². The van der Waals surface area contributed by atoms with Crippen molar-refractivity contribution in [3.63, 3.8) is 0 Å². The van der Waals surface area contributed by atoms with Gasteiger partial charge in [-0.25, -0.2) is 4.98 Å². The summed E-state index contributed by atoms with van der Waals surface area (Å²) < 4.78 is 16.2. The Morgan fingerprint density at radius 2 is 1.77 bits per heavy atom. The number of hydrogen-bond acceptors (Lipinski definition) is 6. The van der Waals surface area contributed by atoms with Crippen molar-refractivity contribution in [2.75, 3.05) is 28.4 Å². The number of aliphatic imine (C=N–C) groups is 1. The Bertz CT molecular complexity index is 737. The average molecular weight is 492 g/mol. The van der Waals surface area contributed by atoms with Gasteiger partial charge in [-0.2, -0.15) is 0 Å². The van der Waals surface area contributed by atoms with Crippen LogP contribution in [0.25, 0.3) is 0 Å². The summed E-state index contributed by atoms with van der Waals surface area (Å²) in [6, 6.07) is 3.79. The van der Waals surface area contributed by atoms with Gasteiger partial charge in [-0.15, -0.1) is 35.3 Å². The van der Waals surface area contributed by atoms with Crippen molar-refractivity contribution in [2.24, 2.45) is 4.99 Å². The van der Waals surface area contributed by atoms with Crippen LogP contribution in [0.5, 0.6) is 17.2 Å². The Balaban J connectivity index is 0.00000338. The van der Waals surface area contributed by atoms with Crippen LogP contribution in [0.15, 0.2) is 23.3 Å². The Kier molecular flexibility index (Phi) is 9.49. The minimum absolute atomic E-state index is 0. The molecule has 0 amide bonds. The molecule has 7 nitrogen and oxygen atoms in total. The first-order valence-corrected chi connectivity index (χ1v) is 8.58. The highest BCUT2D eigenvalue weighted by molar-refractivity contribution is 14.0. The molecule has 0 saturated carbocycles. The minimum atomic E-state index is 0. The first kappa shape index (κ1) is 22.3. The molecule has 0 aliphatic heterocycles. The number of guanidine groups is 1. The number of hydrogen-bond donors (Lipinski definition) is 2. The lowest BCUT2D eigenvalue weighted by Gasteiger charge is -2.17. The van der Waals surface area contributed by atoms with Crippen LogP contribution in [-0.4, -0.2) is 39.3 Å². The quantitative estimate of drug-likeness (QED) is 0.352. The molecule has 144 valence electrons. The summed E-state index contributed by atoms with van der Waals surface area (Å²) in [7, 11) is 6.53. The van der Waals surface area contributed by atoms with E-state index in [-0.39, 0.29) is 24.0 Å². The number of thiazole rings is 1. The van der Waals surface area contributed by atoms with Gasteiger partial charge in [0.2, 0.25) is 5.75 Å². The van der Waals surface area contributed by atoms with Crippen LogP contribution in [0.1, 0.15) is 15.4 Å². The summed E-state index contributed by atoms with van der Waals surface area (Å²) in [5, 5.41) is 7.53. The van der Waals surface area contributed by atoms with Crippen molar-refractivity contribution >= 4 is 41.3 Å². The number of aryl methyl sites for hydroxylation is 1. The molecule has 26 heavy (non-hydrogen) atoms. The SMILES string of the molecule is CN=C(NCc1ncc(C)s1)NCc1ccc(OC)c(OC)c1OC.I. The summed E-state index contributed by atoms with van der Waals surface area (Å²) in [5.74, 6) is 2.53. The molecule has 0 bridgehead atoms. The van der Waals surface area contributed by atoms with Crippen molar-refractivity contribution in [1.82, 2.24) is 15.6 Å². The van der Waals surface area contributed by atoms with Crippen LogP contribution in [0, 0.1) is 6.92 Å². The van der Waals surface area contributed by atoms with E-state index in [4.69, 9.17) is 14.2 Å². The first-order valence-electron chi connectivity index (χ1n) is 7.76. The van der Waals surface area contributed by atoms with E-state index in [1.807, 2.05) is 25.3 Å². The smallest absolute Gasteiger partial charge is 0.203 e. The molecule has 9 heteroatoms. The molecular weight excluding hydrogens is 467 g/mol. The molecule has 2 N–H and O–H groups in total. The van der Waals surface area contributed by atoms with Gasteiger partial charge in [0.15, 0.2) is 17.5 Å². The van der Waals surface area contributed by atoms with Gasteiger partial charge in [-0.05, 0) is 19.1 Å². The fourth-order valence-electron chi connectivity index (χ4n) is 2.34. The maximum absolute atomic E-state index is 5.49. The van der Waals surface area contributed by atoms with E-state index >= 15 is 0 Å². The van der Waals surface area contributed by atoms with Gasteiger partial charge < -0.3 is 24.8 Å². The van der Waals surface area contributed by atoms with Crippen molar-refractivity contribution in [2.45, 2.75) is 20.0 Å². The average Bonchev–Trinajstić information content (AvgIpc) is 3.06. The number of rotatable bonds is 7. The molecule has 0 aliphatic rings. The number of nitrogens with zero attached hydrogens (tertiary/aromatic N) is 2. The van der Waals surface area contributed by atoms with E-state index in [2.05, 4.69) is 20.6 Å². The highest BCUT2D eigenvalue weighted by Crippen LogP contribution is 2.39. The molecule has 0 saturated heterocycles. The summed E-state index contributed by atoms with van der Waals surface area (Å²) in [4.78, 5) is 9.75. The third kappa shape index (κ3) is 5.63. The van der Waals surface area contributed by atoms with Gasteiger partial charge in [0.1, 0.15) is 5.01 Å². The fourth-order valence-corrected chi connectivity index (χ4v) is 3.07. The van der Waals surface area contributed by atoms with Gasteiger partial charge in [0.25, 0.3) is 0 Å². The van der Waals surface area contributed by atoms with Crippen LogP contribution >= 0.6 is 35.3 Å². The molecule has 0 fully saturated rings. The molecular formula is C17H25IN4O3S. The molecule has 1 aromatic heterocycles. The monoisotopic (exact) mass is 492 g/mol. The fraction of sp³-hybridized carbons (Fsp3) is 0.412. The molecule has 0 atom stereocenters. The maximum Gasteiger partial charge on any atom is 0.203 e. The predicted octanol–water partition coefficient (Wildman–Crippen LogP) is 2.96. The normalized spacial score (nSPS) is 10.7. The number of nitrogens with one attached hydrogen (secondary N) is 2. The van der Waals surface area contributed by atoms with Crippen LogP contribution in [0.2, 0.25) is 0 Å². The van der Waals surface area contributed by atoms with Gasteiger partial charge >= 0.3 is 0 Å². The van der Waals surface area contributed by atoms with Crippen molar-refractivity contribution in [3.05, 3.63) is 33.8 Å². The van der Waals surface area contributed by atoms with E-state index in [1.54, 1.807) is 39.7 Å². The lowest BCUT2D eigenvalue weighted by molar-refractivity contribution is 0.322. The summed E-state index contributed by atoms with van der Waals surface area (Å²) in [6.07, 6.45) is 1.87. The third-order valence-electron chi connectivity index (χ3n) is 3.53. The molecule has 1 aromatic carbocycles. The number of methoxy groups -OCH3 is 3. The first-order chi connectivity index (χ1) is 12.1. The highest BCUT2D eigenvalue weighted by atomic mass is 127. The Labute approximate surface area is 175 Å². The molecule has 0 spiro atoms. The number of aromatic nitrogens is 1. The molecule has 2 aromatic rings. The van der Waals surface area contributed by atoms with E-state index in [9.17, 15) is 0 Å². The number of ether oxygens (including phenoxy) is 3. The van der Waals surface area contributed by atoms with Crippen molar-refractivity contribution in [1.29, 1.82) is 0 Å². The number of halogens is 1. The third-order valence-corrected chi connectivity index (χ3v) is 4.44. The lowest BCUT2D eigenvalue weighted by atomic mass is 10.1. The zero-order valence-electron chi connectivity index (χ0n) is 15.6. The summed E-state index contributed by atoms with van der Waals surface area (Å²) in [5.41, 5.74) is 0.938. The van der Waals surface area contributed by atoms with Gasteiger partial charge in [0.05, 0.1) is 27.9 Å². The largest absolute Gasteiger partial charge is 0.493 e. The summed E-state index contributed by atoms with van der Waals surface area (Å²) in [6.45, 7) is 3.19. The topological polar surface area (TPSA) is 77.0 Å². The van der Waals surface area contributed by atoms with Crippen LogP contribution in [0.4, 0.5) is 0 Å². The van der Waals surface area contributed by atoms with Gasteiger partial charge in [-0.3, -0.25) is 4.99 Å². The maximum atomic E-state index is 5.49. The van der Waals surface area contributed by atoms with Gasteiger partial charge in [-0.1, -0.05) is 0 Å². The Morgan fingerprint density at radius 1 is 1.08 bits per heavy atom. The molecule has 0 radical (unpaired) electrons. The minimum Gasteiger partial charge on any atom is -0.493 e.